The Morgan fingerprint density at radius 3 is 1.75 bits per heavy atom. The SMILES string of the molecule is COc1ccc(C[CH2][Ge]([c]2ccc(C)cc2)([c]2ccc(C)cc2)[c]2cc(C)c(-c3cc(C)c([Si](C)(C)C(C)(C)C)s3)s2)cc1. The van der Waals surface area contributed by atoms with Crippen LogP contribution in [0.4, 0.5) is 0 Å². The Hall–Kier alpha value is -2.38. The maximum atomic E-state index is 5.47. The van der Waals surface area contributed by atoms with Crippen molar-refractivity contribution in [2.24, 2.45) is 0 Å². The predicted octanol–water partition coefficient (Wildman–Crippen LogP) is 9.15. The molecule has 0 atom stereocenters. The van der Waals surface area contributed by atoms with E-state index in [4.69, 9.17) is 4.74 Å². The molecule has 0 aliphatic rings. The molecule has 5 heteroatoms. The fourth-order valence-electron chi connectivity index (χ4n) is 6.16. The van der Waals surface area contributed by atoms with Crippen LogP contribution < -0.4 is 21.7 Å². The van der Waals surface area contributed by atoms with Gasteiger partial charge in [-0.25, -0.2) is 0 Å². The fraction of sp³-hybridized carbons (Fsp3) is 0.333. The Bertz CT molecular complexity index is 1670. The van der Waals surface area contributed by atoms with Gasteiger partial charge in [-0.2, -0.15) is 0 Å². The van der Waals surface area contributed by atoms with E-state index in [0.717, 1.165) is 17.4 Å². The fourth-order valence-corrected chi connectivity index (χ4v) is 24.9. The molecule has 0 N–H and O–H groups in total. The summed E-state index contributed by atoms with van der Waals surface area (Å²) in [5.41, 5.74) is 6.92. The van der Waals surface area contributed by atoms with E-state index < -0.39 is 21.3 Å². The van der Waals surface area contributed by atoms with Gasteiger partial charge in [-0.1, -0.05) is 0 Å². The van der Waals surface area contributed by atoms with Gasteiger partial charge in [0.15, 0.2) is 0 Å². The van der Waals surface area contributed by atoms with Crippen LogP contribution in [-0.2, 0) is 6.42 Å². The molecule has 1 nitrogen and oxygen atoms in total. The minimum absolute atomic E-state index is 0.318. The molecule has 0 unspecified atom stereocenters. The zero-order valence-corrected chi connectivity index (χ0v) is 33.0. The number of hydrogen-bond donors (Lipinski definition) is 0. The zero-order chi connectivity index (χ0) is 31.9. The van der Waals surface area contributed by atoms with E-state index in [9.17, 15) is 0 Å². The molecule has 5 aromatic rings. The molecule has 0 saturated heterocycles. The number of benzene rings is 3. The molecule has 0 aliphatic carbocycles. The van der Waals surface area contributed by atoms with Gasteiger partial charge in [0.2, 0.25) is 0 Å². The first-order valence-corrected chi connectivity index (χ1v) is 25.0. The third kappa shape index (κ3) is 6.33. The molecule has 0 radical (unpaired) electrons. The normalized spacial score (nSPS) is 12.5. The molecular weight excluding hydrogens is 649 g/mol. The Morgan fingerprint density at radius 2 is 1.25 bits per heavy atom. The Kier molecular flexibility index (Phi) is 9.59. The van der Waals surface area contributed by atoms with E-state index in [-0.39, 0.29) is 0 Å². The molecule has 230 valence electrons. The second-order valence-electron chi connectivity index (χ2n) is 14.1. The second kappa shape index (κ2) is 12.8. The first-order valence-electron chi connectivity index (χ1n) is 15.8. The molecule has 0 fully saturated rings. The molecule has 0 aliphatic heterocycles. The van der Waals surface area contributed by atoms with Crippen molar-refractivity contribution in [2.45, 2.75) is 78.3 Å². The van der Waals surface area contributed by atoms with Crippen molar-refractivity contribution in [3.63, 3.8) is 0 Å². The van der Waals surface area contributed by atoms with Crippen LogP contribution in [0.5, 0.6) is 5.75 Å². The summed E-state index contributed by atoms with van der Waals surface area (Å²) in [5, 5.41) is 1.48. The monoisotopic (exact) mass is 698 g/mol. The van der Waals surface area contributed by atoms with Gasteiger partial charge in [0.1, 0.15) is 0 Å². The van der Waals surface area contributed by atoms with Gasteiger partial charge < -0.3 is 0 Å². The number of methoxy groups -OCH3 is 1. The summed E-state index contributed by atoms with van der Waals surface area (Å²) in [4.78, 5) is 2.92. The third-order valence-electron chi connectivity index (χ3n) is 9.96. The van der Waals surface area contributed by atoms with Gasteiger partial charge in [-0.3, -0.25) is 0 Å². The van der Waals surface area contributed by atoms with E-state index in [1.807, 2.05) is 0 Å². The Labute approximate surface area is 277 Å². The third-order valence-corrected chi connectivity index (χ3v) is 31.5. The molecule has 0 saturated carbocycles. The van der Waals surface area contributed by atoms with E-state index in [1.54, 1.807) is 24.1 Å². The molecular formula is C39H48GeOS2Si. The van der Waals surface area contributed by atoms with Crippen molar-refractivity contribution < 1.29 is 4.74 Å². The van der Waals surface area contributed by atoms with Gasteiger partial charge in [0.25, 0.3) is 0 Å². The first-order chi connectivity index (χ1) is 20.8. The van der Waals surface area contributed by atoms with Crippen molar-refractivity contribution in [2.75, 3.05) is 7.11 Å². The standard InChI is InChI=1S/C39H48GeOS2Si/c1-27-11-17-32(18-12-27)40(33-19-13-28(2)14-20-33,24-23-31-15-21-34(41-8)22-16-31)36-26-29(3)37(43-36)35-25-30(4)38(42-35)44(9,10)39(5,6)7/h11-22,25-26H,23-24H2,1-10H3. The van der Waals surface area contributed by atoms with Crippen LogP contribution >= 0.6 is 22.7 Å². The minimum atomic E-state index is -3.13. The van der Waals surface area contributed by atoms with Crippen LogP contribution in [0.1, 0.15) is 48.6 Å². The molecule has 44 heavy (non-hydrogen) atoms. The predicted molar refractivity (Wildman–Crippen MR) is 202 cm³/mol. The van der Waals surface area contributed by atoms with Gasteiger partial charge in [0.05, 0.1) is 0 Å². The molecule has 2 heterocycles. The molecule has 0 amide bonds. The van der Waals surface area contributed by atoms with Gasteiger partial charge in [0, 0.05) is 0 Å². The van der Waals surface area contributed by atoms with E-state index in [1.165, 1.54) is 37.6 Å². The van der Waals surface area contributed by atoms with E-state index in [2.05, 4.69) is 169 Å². The number of thiophene rings is 2. The second-order valence-corrected chi connectivity index (χ2v) is 31.0. The maximum absolute atomic E-state index is 5.47. The van der Waals surface area contributed by atoms with Crippen LogP contribution in [0.25, 0.3) is 9.75 Å². The van der Waals surface area contributed by atoms with Gasteiger partial charge in [-0.15, -0.1) is 0 Å². The van der Waals surface area contributed by atoms with Crippen LogP contribution in [-0.4, -0.2) is 28.4 Å². The van der Waals surface area contributed by atoms with E-state index in [0.29, 0.717) is 5.04 Å². The van der Waals surface area contributed by atoms with Crippen molar-refractivity contribution >= 4 is 61.0 Å². The Morgan fingerprint density at radius 1 is 0.705 bits per heavy atom. The van der Waals surface area contributed by atoms with Gasteiger partial charge >= 0.3 is 279 Å². The summed E-state index contributed by atoms with van der Waals surface area (Å²) in [7, 11) is 0.109. The van der Waals surface area contributed by atoms with Crippen molar-refractivity contribution in [3.8, 4) is 15.5 Å². The average Bonchev–Trinajstić information content (AvgIpc) is 3.57. The number of aryl methyl sites for hydroxylation is 5. The van der Waals surface area contributed by atoms with Crippen LogP contribution in [0.3, 0.4) is 0 Å². The molecule has 0 spiro atoms. The molecule has 5 rings (SSSR count). The van der Waals surface area contributed by atoms with Gasteiger partial charge in [-0.05, 0) is 0 Å². The quantitative estimate of drug-likeness (QED) is 0.140. The van der Waals surface area contributed by atoms with Crippen LogP contribution in [0, 0.1) is 27.7 Å². The first kappa shape index (κ1) is 33.0. The van der Waals surface area contributed by atoms with Crippen molar-refractivity contribution in [3.05, 3.63) is 113 Å². The summed E-state index contributed by atoms with van der Waals surface area (Å²) in [6.07, 6.45) is 1.05. The average molecular weight is 698 g/mol. The summed E-state index contributed by atoms with van der Waals surface area (Å²) in [6.45, 7) is 21.5. The van der Waals surface area contributed by atoms with E-state index >= 15 is 0 Å². The number of hydrogen-bond acceptors (Lipinski definition) is 3. The van der Waals surface area contributed by atoms with Crippen molar-refractivity contribution in [1.29, 1.82) is 0 Å². The van der Waals surface area contributed by atoms with Crippen LogP contribution in [0.2, 0.25) is 23.4 Å². The summed E-state index contributed by atoms with van der Waals surface area (Å²) >= 11 is 1.03. The number of rotatable bonds is 9. The molecule has 3 aromatic carbocycles. The summed E-state index contributed by atoms with van der Waals surface area (Å²) in [5.74, 6) is 0.917. The zero-order valence-electron chi connectivity index (χ0n) is 28.2. The molecule has 2 aromatic heterocycles. The topological polar surface area (TPSA) is 9.23 Å². The summed E-state index contributed by atoms with van der Waals surface area (Å²) < 4.78 is 11.8. The number of ether oxygens (including phenoxy) is 1. The van der Waals surface area contributed by atoms with Crippen molar-refractivity contribution in [1.82, 2.24) is 0 Å². The van der Waals surface area contributed by atoms with Crippen LogP contribution in [0.15, 0.2) is 84.9 Å². The summed E-state index contributed by atoms with van der Waals surface area (Å²) in [6, 6.07) is 32.9. The molecule has 0 bridgehead atoms. The Balaban J connectivity index is 1.69.